The van der Waals surface area contributed by atoms with Crippen molar-refractivity contribution in [3.63, 3.8) is 0 Å². The zero-order chi connectivity index (χ0) is 25.2. The first-order valence-electron chi connectivity index (χ1n) is 11.4. The van der Waals surface area contributed by atoms with E-state index in [1.165, 1.54) is 12.3 Å². The number of nitrogens with zero attached hydrogens (tertiary/aromatic N) is 2. The van der Waals surface area contributed by atoms with Crippen molar-refractivity contribution in [2.75, 3.05) is 18.5 Å². The van der Waals surface area contributed by atoms with E-state index in [-0.39, 0.29) is 36.3 Å². The quantitative estimate of drug-likeness (QED) is 0.504. The third kappa shape index (κ3) is 5.65. The topological polar surface area (TPSA) is 99.6 Å². The molecule has 0 aliphatic carbocycles. The molecule has 35 heavy (non-hydrogen) atoms. The van der Waals surface area contributed by atoms with Gasteiger partial charge in [0.2, 0.25) is 11.8 Å². The van der Waals surface area contributed by atoms with Gasteiger partial charge in [-0.3, -0.25) is 15.1 Å². The molecule has 2 aliphatic heterocycles. The van der Waals surface area contributed by atoms with E-state index in [4.69, 9.17) is 26.5 Å². The van der Waals surface area contributed by atoms with Crippen LogP contribution >= 0.6 is 11.6 Å². The molecule has 8 nitrogen and oxygen atoms in total. The summed E-state index contributed by atoms with van der Waals surface area (Å²) in [5.74, 6) is 0.0179. The lowest BCUT2D eigenvalue weighted by atomic mass is 9.85. The minimum atomic E-state index is -2.58. The number of carbonyl (C=O) groups excluding carboxylic acids is 1. The molecule has 0 unspecified atom stereocenters. The molecule has 3 heterocycles. The molecule has 2 aliphatic rings. The fraction of sp³-hybridized carbons (Fsp3) is 0.458. The normalized spacial score (nSPS) is 24.9. The summed E-state index contributed by atoms with van der Waals surface area (Å²) in [5, 5.41) is 15.4. The lowest BCUT2D eigenvalue weighted by Gasteiger charge is -2.45. The largest absolute Gasteiger partial charge is 0.472 e. The molecule has 1 amide bonds. The number of ether oxygens (including phenoxy) is 2. The van der Waals surface area contributed by atoms with Crippen LogP contribution in [-0.4, -0.2) is 53.5 Å². The second kappa shape index (κ2) is 10.3. The molecule has 188 valence electrons. The number of hydrogen-bond acceptors (Lipinski definition) is 6. The summed E-state index contributed by atoms with van der Waals surface area (Å²) in [5.41, 5.74) is 0.961. The summed E-state index contributed by atoms with van der Waals surface area (Å²) in [4.78, 5) is 18.8. The first-order valence-corrected chi connectivity index (χ1v) is 11.8. The van der Waals surface area contributed by atoms with E-state index >= 15 is 0 Å². The Morgan fingerprint density at radius 1 is 1.40 bits per heavy atom. The summed E-state index contributed by atoms with van der Waals surface area (Å²) in [6.07, 6.45) is 0.438. The molecular formula is C24H28ClF2N5O3. The van der Waals surface area contributed by atoms with Gasteiger partial charge in [-0.2, -0.15) is 0 Å². The van der Waals surface area contributed by atoms with Crippen LogP contribution in [-0.2, 0) is 15.1 Å². The summed E-state index contributed by atoms with van der Waals surface area (Å²) < 4.78 is 35.1. The van der Waals surface area contributed by atoms with E-state index in [1.54, 1.807) is 17.0 Å². The highest BCUT2D eigenvalue weighted by atomic mass is 35.5. The molecule has 4 rings (SSSR count). The summed E-state index contributed by atoms with van der Waals surface area (Å²) in [7, 11) is 0. The molecule has 2 fully saturated rings. The number of benzene rings is 1. The maximum Gasteiger partial charge on any atom is 0.272 e. The van der Waals surface area contributed by atoms with Crippen molar-refractivity contribution < 1.29 is 23.0 Å². The molecule has 0 radical (unpaired) electrons. The van der Waals surface area contributed by atoms with Gasteiger partial charge < -0.3 is 20.1 Å². The Morgan fingerprint density at radius 3 is 2.86 bits per heavy atom. The van der Waals surface area contributed by atoms with Gasteiger partial charge in [0.1, 0.15) is 0 Å². The molecule has 3 N–H and O–H groups in total. The predicted octanol–water partition coefficient (Wildman–Crippen LogP) is 4.66. The number of halogens is 3. The van der Waals surface area contributed by atoms with Gasteiger partial charge in [-0.25, -0.2) is 13.8 Å². The fourth-order valence-corrected chi connectivity index (χ4v) is 4.92. The van der Waals surface area contributed by atoms with Crippen molar-refractivity contribution in [1.82, 2.24) is 15.2 Å². The molecule has 0 spiro atoms. The Morgan fingerprint density at radius 2 is 2.20 bits per heavy atom. The third-order valence-electron chi connectivity index (χ3n) is 6.20. The van der Waals surface area contributed by atoms with Crippen LogP contribution < -0.4 is 15.4 Å². The van der Waals surface area contributed by atoms with E-state index in [0.29, 0.717) is 41.4 Å². The van der Waals surface area contributed by atoms with Crippen LogP contribution in [0.2, 0.25) is 5.02 Å². The lowest BCUT2D eigenvalue weighted by Crippen LogP contribution is -2.63. The van der Waals surface area contributed by atoms with Crippen LogP contribution in [0.3, 0.4) is 0 Å². The SMILES string of the molecule is C[C@@H]1C[C@H](N2C(=N)N[C@](C)(c3cccc(Nc4ccc(OCC(F)F)nc4)c3Cl)CC2=O)CCO1. The van der Waals surface area contributed by atoms with E-state index in [1.807, 2.05) is 26.0 Å². The molecule has 1 aromatic heterocycles. The molecular weight excluding hydrogens is 480 g/mol. The molecule has 1 aromatic carbocycles. The number of anilines is 2. The van der Waals surface area contributed by atoms with Gasteiger partial charge in [0.05, 0.1) is 40.7 Å². The number of pyridine rings is 1. The average molecular weight is 508 g/mol. The predicted molar refractivity (Wildman–Crippen MR) is 129 cm³/mol. The van der Waals surface area contributed by atoms with Crippen LogP contribution in [0, 0.1) is 5.41 Å². The Labute approximate surface area is 207 Å². The van der Waals surface area contributed by atoms with E-state index in [9.17, 15) is 13.6 Å². The Bertz CT molecular complexity index is 1070. The fourth-order valence-electron chi connectivity index (χ4n) is 4.53. The zero-order valence-corrected chi connectivity index (χ0v) is 20.2. The van der Waals surface area contributed by atoms with Crippen molar-refractivity contribution in [3.8, 4) is 5.88 Å². The Balaban J connectivity index is 1.50. The van der Waals surface area contributed by atoms with Crippen molar-refractivity contribution >= 4 is 34.8 Å². The summed E-state index contributed by atoms with van der Waals surface area (Å²) >= 11 is 6.75. The molecule has 2 saturated heterocycles. The summed E-state index contributed by atoms with van der Waals surface area (Å²) in [6, 6.07) is 8.47. The maximum atomic E-state index is 13.2. The van der Waals surface area contributed by atoms with Gasteiger partial charge in [0.15, 0.2) is 12.6 Å². The van der Waals surface area contributed by atoms with Crippen LogP contribution in [0.4, 0.5) is 20.2 Å². The molecule has 0 bridgehead atoms. The number of amides is 1. The minimum absolute atomic E-state index is 0.0410. The highest BCUT2D eigenvalue weighted by Gasteiger charge is 2.43. The third-order valence-corrected chi connectivity index (χ3v) is 6.60. The monoisotopic (exact) mass is 507 g/mol. The number of carbonyl (C=O) groups is 1. The highest BCUT2D eigenvalue weighted by molar-refractivity contribution is 6.34. The molecule has 2 aromatic rings. The van der Waals surface area contributed by atoms with Gasteiger partial charge >= 0.3 is 0 Å². The van der Waals surface area contributed by atoms with Gasteiger partial charge in [-0.05, 0) is 44.4 Å². The van der Waals surface area contributed by atoms with Gasteiger partial charge in [-0.15, -0.1) is 0 Å². The number of rotatable bonds is 7. The first kappa shape index (κ1) is 25.1. The van der Waals surface area contributed by atoms with Crippen LogP contribution in [0.5, 0.6) is 5.88 Å². The number of aromatic nitrogens is 1. The second-order valence-corrected chi connectivity index (χ2v) is 9.36. The van der Waals surface area contributed by atoms with Crippen molar-refractivity contribution in [1.29, 1.82) is 5.41 Å². The standard InChI is InChI=1S/C24H28ClF2N5O3/c1-14-10-16(8-9-34-14)32-21(33)11-24(2,31-23(32)28)17-4-3-5-18(22(17)25)30-15-6-7-20(29-12-15)35-13-19(26)27/h3-7,12,14,16,19,30H,8-11,13H2,1-2H3,(H2,28,31)/t14-,16-,24+/m1/s1. The van der Waals surface area contributed by atoms with Crippen LogP contribution in [0.25, 0.3) is 0 Å². The van der Waals surface area contributed by atoms with Gasteiger partial charge in [0.25, 0.3) is 6.43 Å². The van der Waals surface area contributed by atoms with Crippen molar-refractivity contribution in [2.24, 2.45) is 0 Å². The summed E-state index contributed by atoms with van der Waals surface area (Å²) in [6.45, 7) is 3.66. The van der Waals surface area contributed by atoms with Crippen molar-refractivity contribution in [3.05, 3.63) is 47.1 Å². The van der Waals surface area contributed by atoms with Crippen LogP contribution in [0.15, 0.2) is 36.5 Å². The van der Waals surface area contributed by atoms with Gasteiger partial charge in [-0.1, -0.05) is 23.7 Å². The van der Waals surface area contributed by atoms with Crippen LogP contribution in [0.1, 0.15) is 38.7 Å². The molecule has 11 heteroatoms. The number of hydrogen-bond donors (Lipinski definition) is 3. The Hall–Kier alpha value is -2.98. The van der Waals surface area contributed by atoms with E-state index in [2.05, 4.69) is 15.6 Å². The minimum Gasteiger partial charge on any atom is -0.472 e. The first-order chi connectivity index (χ1) is 16.7. The molecule has 0 saturated carbocycles. The van der Waals surface area contributed by atoms with Gasteiger partial charge in [0, 0.05) is 18.7 Å². The second-order valence-electron chi connectivity index (χ2n) is 8.99. The smallest absolute Gasteiger partial charge is 0.272 e. The molecule has 3 atom stereocenters. The number of guanidine groups is 1. The van der Waals surface area contributed by atoms with E-state index < -0.39 is 18.6 Å². The average Bonchev–Trinajstić information content (AvgIpc) is 2.79. The Kier molecular flexibility index (Phi) is 7.42. The maximum absolute atomic E-state index is 13.2. The number of nitrogens with one attached hydrogen (secondary N) is 3. The lowest BCUT2D eigenvalue weighted by molar-refractivity contribution is -0.134. The van der Waals surface area contributed by atoms with Crippen molar-refractivity contribution in [2.45, 2.75) is 57.2 Å². The zero-order valence-electron chi connectivity index (χ0n) is 19.5. The highest BCUT2D eigenvalue weighted by Crippen LogP contribution is 2.39. The number of alkyl halides is 2. The van der Waals surface area contributed by atoms with E-state index in [0.717, 1.165) is 0 Å².